The lowest BCUT2D eigenvalue weighted by Gasteiger charge is -2.26. The summed E-state index contributed by atoms with van der Waals surface area (Å²) in [4.78, 5) is 38.7. The molecule has 0 spiro atoms. The second-order valence-electron chi connectivity index (χ2n) is 6.93. The van der Waals surface area contributed by atoms with Crippen molar-refractivity contribution in [2.24, 2.45) is 0 Å². The van der Waals surface area contributed by atoms with Gasteiger partial charge in [-0.15, -0.1) is 0 Å². The summed E-state index contributed by atoms with van der Waals surface area (Å²) in [5.74, 6) is -0.0703. The lowest BCUT2D eigenvalue weighted by Crippen LogP contribution is -2.54. The summed E-state index contributed by atoms with van der Waals surface area (Å²) in [6.45, 7) is 2.36. The lowest BCUT2D eigenvalue weighted by molar-refractivity contribution is -0.122. The second kappa shape index (κ2) is 8.81. The number of nitrogens with zero attached hydrogens (tertiary/aromatic N) is 2. The predicted molar refractivity (Wildman–Crippen MR) is 119 cm³/mol. The van der Waals surface area contributed by atoms with E-state index in [1.54, 1.807) is 43.6 Å². The average Bonchev–Trinajstić information content (AvgIpc) is 3.27. The Morgan fingerprint density at radius 1 is 0.906 bits per heavy atom. The molecule has 8 heteroatoms. The molecule has 1 aromatic heterocycles. The molecule has 162 valence electrons. The van der Waals surface area contributed by atoms with Crippen LogP contribution >= 0.6 is 0 Å². The third-order valence-electron chi connectivity index (χ3n) is 4.90. The Bertz CT molecular complexity index is 1190. The second-order valence-corrected chi connectivity index (χ2v) is 6.93. The fraction of sp³-hybridized carbons (Fsp3) is 0.125. The monoisotopic (exact) mass is 431 g/mol. The van der Waals surface area contributed by atoms with Gasteiger partial charge in [-0.05, 0) is 73.2 Å². The molecule has 32 heavy (non-hydrogen) atoms. The van der Waals surface area contributed by atoms with E-state index in [2.05, 4.69) is 5.32 Å². The van der Waals surface area contributed by atoms with Gasteiger partial charge in [-0.25, -0.2) is 9.69 Å². The minimum Gasteiger partial charge on any atom is -0.497 e. The van der Waals surface area contributed by atoms with Crippen LogP contribution in [0, 0.1) is 0 Å². The highest BCUT2D eigenvalue weighted by atomic mass is 16.5. The summed E-state index contributed by atoms with van der Waals surface area (Å²) < 4.78 is 12.4. The number of aromatic nitrogens is 1. The third kappa shape index (κ3) is 4.11. The van der Waals surface area contributed by atoms with Crippen LogP contribution in [-0.4, -0.2) is 36.1 Å². The number of rotatable bonds is 6. The molecule has 1 aliphatic heterocycles. The summed E-state index contributed by atoms with van der Waals surface area (Å²) in [6.07, 6.45) is 5.06. The molecular formula is C24H21N3O5. The van der Waals surface area contributed by atoms with Crippen LogP contribution in [0.4, 0.5) is 10.5 Å². The van der Waals surface area contributed by atoms with Gasteiger partial charge in [-0.1, -0.05) is 0 Å². The Labute approximate surface area is 184 Å². The first-order chi connectivity index (χ1) is 15.5. The zero-order chi connectivity index (χ0) is 22.7. The van der Waals surface area contributed by atoms with E-state index in [4.69, 9.17) is 9.47 Å². The lowest BCUT2D eigenvalue weighted by atomic mass is 10.1. The standard InChI is InChI=1S/C24H21N3O5/c1-3-32-20-10-6-18(7-11-20)27-23(29)21(22(28)25-24(27)30)14-16-12-13-26(15-16)17-4-8-19(31-2)9-5-17/h4-15H,3H2,1-2H3,(H,25,28,30)/b21-14-. The van der Waals surface area contributed by atoms with E-state index in [0.29, 0.717) is 23.6 Å². The molecule has 0 aliphatic carbocycles. The molecule has 1 saturated heterocycles. The van der Waals surface area contributed by atoms with Crippen molar-refractivity contribution in [3.05, 3.63) is 78.1 Å². The van der Waals surface area contributed by atoms with Crippen LogP contribution in [0.2, 0.25) is 0 Å². The van der Waals surface area contributed by atoms with Crippen molar-refractivity contribution >= 4 is 29.6 Å². The highest BCUT2D eigenvalue weighted by Gasteiger charge is 2.36. The molecule has 3 aromatic rings. The summed E-state index contributed by atoms with van der Waals surface area (Å²) >= 11 is 0. The normalized spacial score (nSPS) is 15.1. The van der Waals surface area contributed by atoms with Gasteiger partial charge >= 0.3 is 6.03 Å². The molecule has 2 heterocycles. The number of barbiturate groups is 1. The molecule has 1 aliphatic rings. The largest absolute Gasteiger partial charge is 0.497 e. The van der Waals surface area contributed by atoms with Gasteiger partial charge in [0.2, 0.25) is 0 Å². The molecular weight excluding hydrogens is 410 g/mol. The van der Waals surface area contributed by atoms with Crippen LogP contribution in [0.5, 0.6) is 11.5 Å². The summed E-state index contributed by atoms with van der Waals surface area (Å²) in [5.41, 5.74) is 1.73. The van der Waals surface area contributed by atoms with Crippen LogP contribution in [0.15, 0.2) is 72.6 Å². The van der Waals surface area contributed by atoms with Crippen molar-refractivity contribution in [2.45, 2.75) is 6.92 Å². The molecule has 1 N–H and O–H groups in total. The van der Waals surface area contributed by atoms with Crippen molar-refractivity contribution in [3.63, 3.8) is 0 Å². The van der Waals surface area contributed by atoms with E-state index in [-0.39, 0.29) is 5.57 Å². The molecule has 4 amide bonds. The fourth-order valence-corrected chi connectivity index (χ4v) is 3.33. The summed E-state index contributed by atoms with van der Waals surface area (Å²) in [5, 5.41) is 2.23. The van der Waals surface area contributed by atoms with E-state index >= 15 is 0 Å². The van der Waals surface area contributed by atoms with Crippen LogP contribution in [0.1, 0.15) is 12.5 Å². The van der Waals surface area contributed by atoms with Gasteiger partial charge in [0.1, 0.15) is 17.1 Å². The Morgan fingerprint density at radius 3 is 2.22 bits per heavy atom. The Balaban J connectivity index is 1.61. The molecule has 0 saturated carbocycles. The molecule has 4 rings (SSSR count). The fourth-order valence-electron chi connectivity index (χ4n) is 3.33. The Kier molecular flexibility index (Phi) is 5.76. The topological polar surface area (TPSA) is 89.9 Å². The number of anilines is 1. The number of carbonyl (C=O) groups excluding carboxylic acids is 3. The number of nitrogens with one attached hydrogen (secondary N) is 1. The van der Waals surface area contributed by atoms with Crippen molar-refractivity contribution in [1.29, 1.82) is 0 Å². The van der Waals surface area contributed by atoms with Gasteiger partial charge in [0.05, 0.1) is 19.4 Å². The maximum Gasteiger partial charge on any atom is 0.335 e. The number of carbonyl (C=O) groups is 3. The van der Waals surface area contributed by atoms with Gasteiger partial charge < -0.3 is 14.0 Å². The van der Waals surface area contributed by atoms with Gasteiger partial charge in [0.15, 0.2) is 0 Å². The van der Waals surface area contributed by atoms with Gasteiger partial charge in [0.25, 0.3) is 11.8 Å². The van der Waals surface area contributed by atoms with E-state index in [1.165, 1.54) is 6.08 Å². The Hall–Kier alpha value is -4.33. The van der Waals surface area contributed by atoms with Crippen LogP contribution in [0.25, 0.3) is 11.8 Å². The summed E-state index contributed by atoms with van der Waals surface area (Å²) in [7, 11) is 1.60. The van der Waals surface area contributed by atoms with Gasteiger partial charge in [-0.3, -0.25) is 14.9 Å². The molecule has 0 bridgehead atoms. The minimum absolute atomic E-state index is 0.133. The predicted octanol–water partition coefficient (Wildman–Crippen LogP) is 3.55. The molecule has 0 unspecified atom stereocenters. The zero-order valence-electron chi connectivity index (χ0n) is 17.6. The number of urea groups is 1. The molecule has 0 radical (unpaired) electrons. The number of hydrogen-bond donors (Lipinski definition) is 1. The van der Waals surface area contributed by atoms with Crippen LogP contribution < -0.4 is 19.7 Å². The van der Waals surface area contributed by atoms with E-state index in [0.717, 1.165) is 16.3 Å². The molecule has 0 atom stereocenters. The Morgan fingerprint density at radius 2 is 1.56 bits per heavy atom. The molecule has 1 fully saturated rings. The zero-order valence-corrected chi connectivity index (χ0v) is 17.6. The van der Waals surface area contributed by atoms with Gasteiger partial charge in [-0.2, -0.15) is 0 Å². The SMILES string of the molecule is CCOc1ccc(N2C(=O)NC(=O)/C(=C/c3ccn(-c4ccc(OC)cc4)c3)C2=O)cc1. The van der Waals surface area contributed by atoms with E-state index in [1.807, 2.05) is 42.0 Å². The van der Waals surface area contributed by atoms with E-state index in [9.17, 15) is 14.4 Å². The maximum absolute atomic E-state index is 13.0. The van der Waals surface area contributed by atoms with Crippen molar-refractivity contribution in [2.75, 3.05) is 18.6 Å². The van der Waals surface area contributed by atoms with Crippen LogP contribution in [-0.2, 0) is 9.59 Å². The number of benzene rings is 2. The first kappa shape index (κ1) is 20.9. The smallest absolute Gasteiger partial charge is 0.335 e. The van der Waals surface area contributed by atoms with Crippen molar-refractivity contribution in [1.82, 2.24) is 9.88 Å². The first-order valence-electron chi connectivity index (χ1n) is 9.97. The number of imide groups is 2. The summed E-state index contributed by atoms with van der Waals surface area (Å²) in [6, 6.07) is 14.9. The van der Waals surface area contributed by atoms with Crippen molar-refractivity contribution < 1.29 is 23.9 Å². The minimum atomic E-state index is -0.794. The van der Waals surface area contributed by atoms with Crippen LogP contribution in [0.3, 0.4) is 0 Å². The highest BCUT2D eigenvalue weighted by Crippen LogP contribution is 2.25. The third-order valence-corrected chi connectivity index (χ3v) is 4.90. The van der Waals surface area contributed by atoms with Gasteiger partial charge in [0, 0.05) is 18.1 Å². The number of amides is 4. The first-order valence-corrected chi connectivity index (χ1v) is 9.97. The number of ether oxygens (including phenoxy) is 2. The quantitative estimate of drug-likeness (QED) is 0.476. The molecule has 8 nitrogen and oxygen atoms in total. The average molecular weight is 431 g/mol. The van der Waals surface area contributed by atoms with E-state index < -0.39 is 17.8 Å². The van der Waals surface area contributed by atoms with Crippen molar-refractivity contribution in [3.8, 4) is 17.2 Å². The molecule has 2 aromatic carbocycles. The highest BCUT2D eigenvalue weighted by molar-refractivity contribution is 6.39. The maximum atomic E-state index is 13.0. The number of hydrogen-bond acceptors (Lipinski definition) is 5. The number of methoxy groups -OCH3 is 1.